The Labute approximate surface area is 133 Å². The van der Waals surface area contributed by atoms with E-state index in [0.29, 0.717) is 18.1 Å². The maximum Gasteiger partial charge on any atom is 0.328 e. The number of hydrogen-bond acceptors (Lipinski definition) is 4. The summed E-state index contributed by atoms with van der Waals surface area (Å²) in [5.41, 5.74) is 2.73. The van der Waals surface area contributed by atoms with Crippen molar-refractivity contribution < 1.29 is 9.53 Å². The van der Waals surface area contributed by atoms with Crippen LogP contribution in [0, 0.1) is 0 Å². The van der Waals surface area contributed by atoms with E-state index in [2.05, 4.69) is 15.3 Å². The number of imidazole rings is 1. The monoisotopic (exact) mass is 316 g/mol. The molecule has 3 rings (SSSR count). The maximum absolute atomic E-state index is 12.1. The van der Waals surface area contributed by atoms with Crippen molar-refractivity contribution in [3.63, 3.8) is 0 Å². The molecule has 6 nitrogen and oxygen atoms in total. The quantitative estimate of drug-likeness (QED) is 0.649. The number of hydrogen-bond donors (Lipinski definition) is 2. The van der Waals surface area contributed by atoms with Crippen molar-refractivity contribution >= 4 is 29.0 Å². The number of para-hydroxylation sites is 1. The summed E-state index contributed by atoms with van der Waals surface area (Å²) in [4.78, 5) is 21.2. The highest BCUT2D eigenvalue weighted by Crippen LogP contribution is 2.22. The number of carbonyl (C=O) groups excluding carboxylic acids is 1. The fraction of sp³-hybridized carbons (Fsp3) is 0.267. The van der Waals surface area contributed by atoms with E-state index in [4.69, 9.17) is 17.0 Å². The number of benzene rings is 1. The number of H-pyrrole nitrogens is 1. The highest BCUT2D eigenvalue weighted by atomic mass is 32.1. The topological polar surface area (TPSA) is 70.2 Å². The molecule has 7 heteroatoms. The Hall–Kier alpha value is -2.41. The highest BCUT2D eigenvalue weighted by Gasteiger charge is 2.35. The first-order valence-corrected chi connectivity index (χ1v) is 7.31. The van der Waals surface area contributed by atoms with E-state index in [9.17, 15) is 4.79 Å². The van der Waals surface area contributed by atoms with Crippen molar-refractivity contribution in [2.45, 2.75) is 19.0 Å². The van der Waals surface area contributed by atoms with Crippen molar-refractivity contribution in [2.75, 3.05) is 12.4 Å². The van der Waals surface area contributed by atoms with Gasteiger partial charge in [0.05, 0.1) is 31.4 Å². The van der Waals surface area contributed by atoms with Gasteiger partial charge in [0.1, 0.15) is 6.04 Å². The molecule has 0 bridgehead atoms. The van der Waals surface area contributed by atoms with Gasteiger partial charge in [0, 0.05) is 12.1 Å². The molecule has 1 unspecified atom stereocenters. The van der Waals surface area contributed by atoms with Crippen molar-refractivity contribution in [1.82, 2.24) is 14.9 Å². The lowest BCUT2D eigenvalue weighted by Crippen LogP contribution is -2.50. The molecule has 1 aromatic carbocycles. The Kier molecular flexibility index (Phi) is 4.06. The zero-order valence-corrected chi connectivity index (χ0v) is 12.9. The van der Waals surface area contributed by atoms with Crippen LogP contribution in [0.25, 0.3) is 0 Å². The molecule has 2 N–H and O–H groups in total. The van der Waals surface area contributed by atoms with E-state index >= 15 is 0 Å². The van der Waals surface area contributed by atoms with Crippen molar-refractivity contribution in [2.24, 2.45) is 0 Å². The Morgan fingerprint density at radius 3 is 2.95 bits per heavy atom. The molecule has 0 aliphatic carbocycles. The number of aromatic nitrogens is 2. The zero-order valence-electron chi connectivity index (χ0n) is 12.1. The molecule has 1 aromatic heterocycles. The largest absolute Gasteiger partial charge is 0.467 e. The normalized spacial score (nSPS) is 16.8. The lowest BCUT2D eigenvalue weighted by atomic mass is 10.0. The molecule has 1 aliphatic rings. The van der Waals surface area contributed by atoms with E-state index in [0.717, 1.165) is 17.1 Å². The molecule has 0 radical (unpaired) electrons. The molecule has 114 valence electrons. The summed E-state index contributed by atoms with van der Waals surface area (Å²) < 4.78 is 4.91. The first-order valence-electron chi connectivity index (χ1n) is 6.90. The molecule has 22 heavy (non-hydrogen) atoms. The fourth-order valence-corrected chi connectivity index (χ4v) is 2.82. The zero-order chi connectivity index (χ0) is 15.5. The number of nitrogens with zero attached hydrogens (tertiary/aromatic N) is 2. The molecular formula is C15H16N4O2S. The summed E-state index contributed by atoms with van der Waals surface area (Å²) in [5, 5.41) is 3.65. The van der Waals surface area contributed by atoms with Crippen LogP contribution in [0.3, 0.4) is 0 Å². The number of carbonyl (C=O) groups is 1. The second kappa shape index (κ2) is 6.15. The van der Waals surface area contributed by atoms with Gasteiger partial charge >= 0.3 is 5.97 Å². The molecule has 2 heterocycles. The van der Waals surface area contributed by atoms with Crippen LogP contribution in [0.1, 0.15) is 11.4 Å². The van der Waals surface area contributed by atoms with Crippen LogP contribution in [0.2, 0.25) is 0 Å². The predicted molar refractivity (Wildman–Crippen MR) is 86.3 cm³/mol. The number of nitrogens with one attached hydrogen (secondary N) is 2. The van der Waals surface area contributed by atoms with Gasteiger partial charge in [-0.1, -0.05) is 18.2 Å². The van der Waals surface area contributed by atoms with Gasteiger partial charge in [-0.15, -0.1) is 0 Å². The lowest BCUT2D eigenvalue weighted by molar-refractivity contribution is -0.145. The minimum absolute atomic E-state index is 0.314. The first kappa shape index (κ1) is 14.5. The van der Waals surface area contributed by atoms with Crippen LogP contribution >= 0.6 is 12.2 Å². The standard InChI is InChI=1S/C15H16N4O2S/c1-21-14(20)13-7-11-12(17-9-16-11)8-19(13)15(22)18-10-5-3-2-4-6-10/h2-6,9,13H,7-8H2,1H3,(H,16,17)(H,18,22). The van der Waals surface area contributed by atoms with Gasteiger partial charge in [-0.3, -0.25) is 0 Å². The number of aromatic amines is 1. The van der Waals surface area contributed by atoms with Crippen molar-refractivity contribution in [1.29, 1.82) is 0 Å². The Balaban J connectivity index is 1.83. The molecular weight excluding hydrogens is 300 g/mol. The number of anilines is 1. The Bertz CT molecular complexity index is 686. The van der Waals surface area contributed by atoms with Gasteiger partial charge in [-0.25, -0.2) is 9.78 Å². The van der Waals surface area contributed by atoms with E-state index < -0.39 is 6.04 Å². The van der Waals surface area contributed by atoms with Crippen LogP contribution in [-0.4, -0.2) is 39.1 Å². The van der Waals surface area contributed by atoms with E-state index in [1.807, 2.05) is 35.2 Å². The molecule has 0 saturated carbocycles. The second-order valence-electron chi connectivity index (χ2n) is 4.99. The minimum atomic E-state index is -0.468. The fourth-order valence-electron chi connectivity index (χ4n) is 2.51. The predicted octanol–water partition coefficient (Wildman–Crippen LogP) is 1.71. The SMILES string of the molecule is COC(=O)C1Cc2nc[nH]c2CN1C(=S)Nc1ccccc1. The number of rotatable bonds is 2. The third-order valence-corrected chi connectivity index (χ3v) is 3.99. The number of ether oxygens (including phenoxy) is 1. The van der Waals surface area contributed by atoms with E-state index in [1.54, 1.807) is 6.33 Å². The average Bonchev–Trinajstić information content (AvgIpc) is 3.01. The van der Waals surface area contributed by atoms with Crippen molar-refractivity contribution in [3.05, 3.63) is 48.0 Å². The van der Waals surface area contributed by atoms with Gasteiger partial charge < -0.3 is 19.9 Å². The molecule has 0 spiro atoms. The first-order chi connectivity index (χ1) is 10.7. The summed E-state index contributed by atoms with van der Waals surface area (Å²) in [6.07, 6.45) is 2.11. The van der Waals surface area contributed by atoms with Gasteiger partial charge in [0.25, 0.3) is 0 Å². The van der Waals surface area contributed by atoms with Crippen LogP contribution in [0.15, 0.2) is 36.7 Å². The van der Waals surface area contributed by atoms with Gasteiger partial charge in [0.15, 0.2) is 5.11 Å². The number of esters is 1. The maximum atomic E-state index is 12.1. The van der Waals surface area contributed by atoms with Gasteiger partial charge in [-0.05, 0) is 24.4 Å². The third-order valence-electron chi connectivity index (χ3n) is 3.66. The number of fused-ring (bicyclic) bond motifs is 1. The summed E-state index contributed by atoms with van der Waals surface area (Å²) in [7, 11) is 1.38. The highest BCUT2D eigenvalue weighted by molar-refractivity contribution is 7.80. The summed E-state index contributed by atoms with van der Waals surface area (Å²) >= 11 is 5.48. The van der Waals surface area contributed by atoms with Gasteiger partial charge in [-0.2, -0.15) is 0 Å². The molecule has 0 amide bonds. The summed E-state index contributed by atoms with van der Waals surface area (Å²) in [6, 6.07) is 9.15. The summed E-state index contributed by atoms with van der Waals surface area (Å²) in [5.74, 6) is -0.314. The third kappa shape index (κ3) is 2.80. The Morgan fingerprint density at radius 2 is 2.23 bits per heavy atom. The van der Waals surface area contributed by atoms with E-state index in [-0.39, 0.29) is 5.97 Å². The number of thiocarbonyl (C=S) groups is 1. The Morgan fingerprint density at radius 1 is 1.45 bits per heavy atom. The van der Waals surface area contributed by atoms with E-state index in [1.165, 1.54) is 7.11 Å². The summed E-state index contributed by atoms with van der Waals surface area (Å²) in [6.45, 7) is 0.494. The number of methoxy groups -OCH3 is 1. The average molecular weight is 316 g/mol. The molecule has 1 aliphatic heterocycles. The molecule has 0 fully saturated rings. The molecule has 2 aromatic rings. The lowest BCUT2D eigenvalue weighted by Gasteiger charge is -2.35. The van der Waals surface area contributed by atoms with Crippen LogP contribution in [0.5, 0.6) is 0 Å². The van der Waals surface area contributed by atoms with Gasteiger partial charge in [0.2, 0.25) is 0 Å². The van der Waals surface area contributed by atoms with Crippen LogP contribution < -0.4 is 5.32 Å². The van der Waals surface area contributed by atoms with Crippen LogP contribution in [0.4, 0.5) is 5.69 Å². The minimum Gasteiger partial charge on any atom is -0.467 e. The molecule has 1 atom stereocenters. The van der Waals surface area contributed by atoms with Crippen molar-refractivity contribution in [3.8, 4) is 0 Å². The molecule has 0 saturated heterocycles. The second-order valence-corrected chi connectivity index (χ2v) is 5.38. The van der Waals surface area contributed by atoms with Crippen LogP contribution in [-0.2, 0) is 22.5 Å². The smallest absolute Gasteiger partial charge is 0.328 e.